The molecule has 1 aliphatic heterocycles. The summed E-state index contributed by atoms with van der Waals surface area (Å²) >= 11 is 0. The SMILES string of the molecule is CCC1CN(Cc2ccc(C)c(C)c2)CCC1N. The van der Waals surface area contributed by atoms with E-state index in [2.05, 4.69) is 43.9 Å². The third kappa shape index (κ3) is 3.12. The normalized spacial score (nSPS) is 25.3. The van der Waals surface area contributed by atoms with Crippen LogP contribution in [0.2, 0.25) is 0 Å². The van der Waals surface area contributed by atoms with Crippen molar-refractivity contribution in [2.24, 2.45) is 11.7 Å². The summed E-state index contributed by atoms with van der Waals surface area (Å²) in [4.78, 5) is 2.56. The van der Waals surface area contributed by atoms with Gasteiger partial charge in [-0.3, -0.25) is 4.90 Å². The van der Waals surface area contributed by atoms with Crippen molar-refractivity contribution in [3.05, 3.63) is 34.9 Å². The van der Waals surface area contributed by atoms with Gasteiger partial charge < -0.3 is 5.73 Å². The van der Waals surface area contributed by atoms with Crippen LogP contribution in [0.5, 0.6) is 0 Å². The average molecular weight is 246 g/mol. The molecular formula is C16H26N2. The quantitative estimate of drug-likeness (QED) is 0.888. The van der Waals surface area contributed by atoms with E-state index in [4.69, 9.17) is 5.73 Å². The van der Waals surface area contributed by atoms with Crippen LogP contribution in [0.25, 0.3) is 0 Å². The molecule has 0 aromatic heterocycles. The summed E-state index contributed by atoms with van der Waals surface area (Å²) in [6.45, 7) is 10.00. The largest absolute Gasteiger partial charge is 0.327 e. The summed E-state index contributed by atoms with van der Waals surface area (Å²) in [7, 11) is 0. The fourth-order valence-electron chi connectivity index (χ4n) is 2.86. The van der Waals surface area contributed by atoms with Crippen LogP contribution in [0.4, 0.5) is 0 Å². The first-order valence-corrected chi connectivity index (χ1v) is 7.14. The lowest BCUT2D eigenvalue weighted by Crippen LogP contribution is -2.46. The second-order valence-corrected chi connectivity index (χ2v) is 5.77. The number of nitrogens with two attached hydrogens (primary N) is 1. The van der Waals surface area contributed by atoms with Crippen molar-refractivity contribution in [2.45, 2.75) is 46.2 Å². The van der Waals surface area contributed by atoms with Crippen LogP contribution in [0.15, 0.2) is 18.2 Å². The monoisotopic (exact) mass is 246 g/mol. The number of hydrogen-bond donors (Lipinski definition) is 1. The number of aryl methyl sites for hydroxylation is 2. The zero-order valence-corrected chi connectivity index (χ0v) is 11.9. The number of nitrogens with zero attached hydrogens (tertiary/aromatic N) is 1. The van der Waals surface area contributed by atoms with E-state index in [-0.39, 0.29) is 0 Å². The zero-order chi connectivity index (χ0) is 13.1. The van der Waals surface area contributed by atoms with Crippen molar-refractivity contribution in [3.63, 3.8) is 0 Å². The van der Waals surface area contributed by atoms with E-state index in [0.29, 0.717) is 12.0 Å². The molecule has 2 N–H and O–H groups in total. The third-order valence-electron chi connectivity index (χ3n) is 4.38. The Labute approximate surface area is 111 Å². The zero-order valence-electron chi connectivity index (χ0n) is 11.9. The van der Waals surface area contributed by atoms with Gasteiger partial charge in [-0.25, -0.2) is 0 Å². The lowest BCUT2D eigenvalue weighted by molar-refractivity contribution is 0.145. The smallest absolute Gasteiger partial charge is 0.0233 e. The summed E-state index contributed by atoms with van der Waals surface area (Å²) in [5, 5.41) is 0. The maximum Gasteiger partial charge on any atom is 0.0233 e. The van der Waals surface area contributed by atoms with Crippen molar-refractivity contribution in [2.75, 3.05) is 13.1 Å². The van der Waals surface area contributed by atoms with Crippen LogP contribution in [0, 0.1) is 19.8 Å². The highest BCUT2D eigenvalue weighted by atomic mass is 15.1. The molecule has 18 heavy (non-hydrogen) atoms. The lowest BCUT2D eigenvalue weighted by Gasteiger charge is -2.36. The maximum absolute atomic E-state index is 6.16. The second-order valence-electron chi connectivity index (χ2n) is 5.77. The van der Waals surface area contributed by atoms with Crippen molar-refractivity contribution < 1.29 is 0 Å². The Hall–Kier alpha value is -0.860. The molecule has 0 amide bonds. The standard InChI is InChI=1S/C16H26N2/c1-4-15-11-18(8-7-16(15)17)10-14-6-5-12(2)13(3)9-14/h5-6,9,15-16H,4,7-8,10-11,17H2,1-3H3. The molecule has 1 fully saturated rings. The predicted molar refractivity (Wildman–Crippen MR) is 77.6 cm³/mol. The molecule has 2 unspecified atom stereocenters. The number of benzene rings is 1. The van der Waals surface area contributed by atoms with Gasteiger partial charge in [-0.1, -0.05) is 31.5 Å². The minimum atomic E-state index is 0.408. The van der Waals surface area contributed by atoms with E-state index >= 15 is 0 Å². The Morgan fingerprint density at radius 2 is 2.06 bits per heavy atom. The Morgan fingerprint density at radius 3 is 2.72 bits per heavy atom. The molecule has 1 aliphatic rings. The van der Waals surface area contributed by atoms with E-state index < -0.39 is 0 Å². The lowest BCUT2D eigenvalue weighted by atomic mass is 9.90. The van der Waals surface area contributed by atoms with Crippen LogP contribution in [-0.2, 0) is 6.54 Å². The first-order valence-electron chi connectivity index (χ1n) is 7.14. The fourth-order valence-corrected chi connectivity index (χ4v) is 2.86. The van der Waals surface area contributed by atoms with Gasteiger partial charge in [0.05, 0.1) is 0 Å². The molecule has 1 aromatic carbocycles. The summed E-state index contributed by atoms with van der Waals surface area (Å²) < 4.78 is 0. The molecule has 0 saturated carbocycles. The second kappa shape index (κ2) is 5.85. The fraction of sp³-hybridized carbons (Fsp3) is 0.625. The summed E-state index contributed by atoms with van der Waals surface area (Å²) in [6, 6.07) is 7.23. The highest BCUT2D eigenvalue weighted by Crippen LogP contribution is 2.21. The van der Waals surface area contributed by atoms with Gasteiger partial charge >= 0.3 is 0 Å². The van der Waals surface area contributed by atoms with Gasteiger partial charge in [0, 0.05) is 19.1 Å². The van der Waals surface area contributed by atoms with E-state index in [9.17, 15) is 0 Å². The minimum absolute atomic E-state index is 0.408. The maximum atomic E-state index is 6.16. The van der Waals surface area contributed by atoms with Gasteiger partial charge in [-0.2, -0.15) is 0 Å². The number of likely N-dealkylation sites (tertiary alicyclic amines) is 1. The topological polar surface area (TPSA) is 29.3 Å². The molecule has 1 heterocycles. The van der Waals surface area contributed by atoms with Gasteiger partial charge in [0.15, 0.2) is 0 Å². The van der Waals surface area contributed by atoms with Crippen LogP contribution in [0.1, 0.15) is 36.5 Å². The van der Waals surface area contributed by atoms with Crippen LogP contribution >= 0.6 is 0 Å². The molecular weight excluding hydrogens is 220 g/mol. The minimum Gasteiger partial charge on any atom is -0.327 e. The first-order chi connectivity index (χ1) is 8.60. The van der Waals surface area contributed by atoms with E-state index in [0.717, 1.165) is 26.1 Å². The first kappa shape index (κ1) is 13.6. The van der Waals surface area contributed by atoms with Crippen LogP contribution in [-0.4, -0.2) is 24.0 Å². The van der Waals surface area contributed by atoms with Gasteiger partial charge in [0.1, 0.15) is 0 Å². The molecule has 0 radical (unpaired) electrons. The van der Waals surface area contributed by atoms with Crippen LogP contribution in [0.3, 0.4) is 0 Å². The van der Waals surface area contributed by atoms with Crippen molar-refractivity contribution in [3.8, 4) is 0 Å². The summed E-state index contributed by atoms with van der Waals surface area (Å²) in [5.74, 6) is 0.672. The van der Waals surface area contributed by atoms with Crippen molar-refractivity contribution in [1.82, 2.24) is 4.90 Å². The highest BCUT2D eigenvalue weighted by molar-refractivity contribution is 5.29. The van der Waals surface area contributed by atoms with E-state index in [1.807, 2.05) is 0 Å². The molecule has 1 aromatic rings. The van der Waals surface area contributed by atoms with E-state index in [1.54, 1.807) is 0 Å². The molecule has 2 atom stereocenters. The Bertz CT molecular complexity index is 400. The third-order valence-corrected chi connectivity index (χ3v) is 4.38. The van der Waals surface area contributed by atoms with Gasteiger partial charge in [0.25, 0.3) is 0 Å². The summed E-state index contributed by atoms with van der Waals surface area (Å²) in [6.07, 6.45) is 2.34. The van der Waals surface area contributed by atoms with Crippen molar-refractivity contribution in [1.29, 1.82) is 0 Å². The average Bonchev–Trinajstić information content (AvgIpc) is 2.36. The van der Waals surface area contributed by atoms with Gasteiger partial charge in [-0.05, 0) is 49.4 Å². The molecule has 0 aliphatic carbocycles. The van der Waals surface area contributed by atoms with Gasteiger partial charge in [-0.15, -0.1) is 0 Å². The number of piperidine rings is 1. The highest BCUT2D eigenvalue weighted by Gasteiger charge is 2.24. The molecule has 1 saturated heterocycles. The number of rotatable bonds is 3. The Kier molecular flexibility index (Phi) is 4.41. The Balaban J connectivity index is 1.99. The predicted octanol–water partition coefficient (Wildman–Crippen LogP) is 2.86. The molecule has 0 spiro atoms. The Morgan fingerprint density at radius 1 is 1.28 bits per heavy atom. The van der Waals surface area contributed by atoms with Gasteiger partial charge in [0.2, 0.25) is 0 Å². The van der Waals surface area contributed by atoms with E-state index in [1.165, 1.54) is 23.1 Å². The molecule has 0 bridgehead atoms. The molecule has 2 nitrogen and oxygen atoms in total. The molecule has 100 valence electrons. The van der Waals surface area contributed by atoms with Crippen molar-refractivity contribution >= 4 is 0 Å². The summed E-state index contributed by atoms with van der Waals surface area (Å²) in [5.41, 5.74) is 10.4. The molecule has 2 rings (SSSR count). The number of hydrogen-bond acceptors (Lipinski definition) is 2. The molecule has 2 heteroatoms. The van der Waals surface area contributed by atoms with Crippen LogP contribution < -0.4 is 5.73 Å².